The number of aromatic nitrogens is 3. The Labute approximate surface area is 143 Å². The number of H-pyrrole nitrogens is 1. The Morgan fingerprint density at radius 2 is 2.04 bits per heavy atom. The van der Waals surface area contributed by atoms with Gasteiger partial charge in [0.2, 0.25) is 0 Å². The summed E-state index contributed by atoms with van der Waals surface area (Å²) in [6, 6.07) is 12.6. The number of amides is 1. The zero-order valence-corrected chi connectivity index (χ0v) is 13.6. The van der Waals surface area contributed by atoms with E-state index in [0.717, 1.165) is 11.1 Å². The van der Waals surface area contributed by atoms with Gasteiger partial charge in [0.25, 0.3) is 5.91 Å². The molecule has 7 heteroatoms. The number of nitrogens with one attached hydrogen (secondary N) is 2. The maximum atomic E-state index is 12.2. The van der Waals surface area contributed by atoms with Gasteiger partial charge in [-0.2, -0.15) is 10.2 Å². The summed E-state index contributed by atoms with van der Waals surface area (Å²) in [5, 5.41) is 11.6. The number of hydrazone groups is 1. The van der Waals surface area contributed by atoms with Gasteiger partial charge in [-0.1, -0.05) is 29.8 Å². The molecule has 0 aliphatic carbocycles. The number of nitrogens with zero attached hydrogens (tertiary/aromatic N) is 3. The van der Waals surface area contributed by atoms with Gasteiger partial charge >= 0.3 is 0 Å². The zero-order valence-electron chi connectivity index (χ0n) is 12.8. The molecule has 0 spiro atoms. The first-order chi connectivity index (χ1) is 11.6. The van der Waals surface area contributed by atoms with Crippen LogP contribution in [0.25, 0.3) is 11.3 Å². The topological polar surface area (TPSA) is 83.0 Å². The molecule has 2 N–H and O–H groups in total. The monoisotopic (exact) mass is 339 g/mol. The fourth-order valence-electron chi connectivity index (χ4n) is 2.04. The first-order valence-corrected chi connectivity index (χ1v) is 7.57. The molecule has 3 rings (SSSR count). The maximum Gasteiger partial charge on any atom is 0.289 e. The molecule has 0 saturated carbocycles. The van der Waals surface area contributed by atoms with Crippen molar-refractivity contribution in [3.63, 3.8) is 0 Å². The third-order valence-electron chi connectivity index (χ3n) is 3.37. The number of halogens is 1. The molecule has 3 aromatic rings. The Hall–Kier alpha value is -2.99. The minimum Gasteiger partial charge on any atom is -0.272 e. The van der Waals surface area contributed by atoms with Crippen molar-refractivity contribution in [3.05, 3.63) is 71.1 Å². The van der Waals surface area contributed by atoms with E-state index in [-0.39, 0.29) is 5.91 Å². The highest BCUT2D eigenvalue weighted by atomic mass is 35.5. The standard InChI is InChI=1S/C17H14ClN5O/c1-11(13-3-2-8-19-10-13)20-23-17(24)16-9-15(21-22-16)12-4-6-14(18)7-5-12/h2-10H,1H3,(H,21,22)(H,23,24)/b20-11-. The average Bonchev–Trinajstić information content (AvgIpc) is 3.11. The first kappa shape index (κ1) is 15.9. The van der Waals surface area contributed by atoms with E-state index in [2.05, 4.69) is 25.7 Å². The van der Waals surface area contributed by atoms with E-state index < -0.39 is 0 Å². The molecular weight excluding hydrogens is 326 g/mol. The summed E-state index contributed by atoms with van der Waals surface area (Å²) < 4.78 is 0. The van der Waals surface area contributed by atoms with Crippen molar-refractivity contribution in [1.82, 2.24) is 20.6 Å². The first-order valence-electron chi connectivity index (χ1n) is 7.20. The molecule has 0 bridgehead atoms. The molecule has 0 fully saturated rings. The maximum absolute atomic E-state index is 12.2. The lowest BCUT2D eigenvalue weighted by atomic mass is 10.1. The van der Waals surface area contributed by atoms with Crippen molar-refractivity contribution in [2.45, 2.75) is 6.92 Å². The Bertz CT molecular complexity index is 872. The lowest BCUT2D eigenvalue weighted by Gasteiger charge is -2.00. The van der Waals surface area contributed by atoms with Crippen LogP contribution in [0, 0.1) is 0 Å². The minimum absolute atomic E-state index is 0.322. The molecule has 0 atom stereocenters. The van der Waals surface area contributed by atoms with Crippen molar-refractivity contribution in [3.8, 4) is 11.3 Å². The van der Waals surface area contributed by atoms with Gasteiger partial charge in [0, 0.05) is 28.5 Å². The largest absolute Gasteiger partial charge is 0.289 e. The normalized spacial score (nSPS) is 11.3. The highest BCUT2D eigenvalue weighted by molar-refractivity contribution is 6.30. The third-order valence-corrected chi connectivity index (χ3v) is 3.62. The summed E-state index contributed by atoms with van der Waals surface area (Å²) >= 11 is 5.86. The number of carbonyl (C=O) groups is 1. The summed E-state index contributed by atoms with van der Waals surface area (Å²) in [4.78, 5) is 16.2. The molecule has 0 aliphatic heterocycles. The molecule has 120 valence electrons. The number of hydrogen-bond donors (Lipinski definition) is 2. The van der Waals surface area contributed by atoms with Crippen LogP contribution in [0.2, 0.25) is 5.02 Å². The summed E-state index contributed by atoms with van der Waals surface area (Å²) in [6.07, 6.45) is 3.36. The SMILES string of the molecule is C/C(=N/NC(=O)c1cc(-c2ccc(Cl)cc2)n[nH]1)c1cccnc1. The van der Waals surface area contributed by atoms with Crippen LogP contribution in [0.15, 0.2) is 60.0 Å². The molecule has 0 unspecified atom stereocenters. The fraction of sp³-hybridized carbons (Fsp3) is 0.0588. The summed E-state index contributed by atoms with van der Waals surface area (Å²) in [7, 11) is 0. The van der Waals surface area contributed by atoms with E-state index in [4.69, 9.17) is 11.6 Å². The predicted molar refractivity (Wildman–Crippen MR) is 92.9 cm³/mol. The van der Waals surface area contributed by atoms with Crippen LogP contribution in [0.5, 0.6) is 0 Å². The Balaban J connectivity index is 1.71. The number of carbonyl (C=O) groups excluding carboxylic acids is 1. The molecule has 0 saturated heterocycles. The summed E-state index contributed by atoms with van der Waals surface area (Å²) in [5.41, 5.74) is 5.84. The highest BCUT2D eigenvalue weighted by Crippen LogP contribution is 2.20. The van der Waals surface area contributed by atoms with E-state index in [1.807, 2.05) is 24.3 Å². The van der Waals surface area contributed by atoms with Crippen LogP contribution in [-0.2, 0) is 0 Å². The number of pyridine rings is 1. The molecular formula is C17H14ClN5O. The number of benzene rings is 1. The lowest BCUT2D eigenvalue weighted by molar-refractivity contribution is 0.0950. The van der Waals surface area contributed by atoms with Gasteiger partial charge in [-0.25, -0.2) is 5.43 Å². The van der Waals surface area contributed by atoms with Gasteiger partial charge in [-0.15, -0.1) is 0 Å². The van der Waals surface area contributed by atoms with E-state index in [0.29, 0.717) is 22.1 Å². The van der Waals surface area contributed by atoms with Crippen molar-refractivity contribution in [2.75, 3.05) is 0 Å². The molecule has 2 aromatic heterocycles. The average molecular weight is 340 g/mol. The summed E-state index contributed by atoms with van der Waals surface area (Å²) in [5.74, 6) is -0.369. The number of hydrogen-bond acceptors (Lipinski definition) is 4. The number of rotatable bonds is 4. The van der Waals surface area contributed by atoms with Gasteiger partial charge in [-0.3, -0.25) is 14.9 Å². The van der Waals surface area contributed by atoms with E-state index in [1.54, 1.807) is 37.5 Å². The number of aromatic amines is 1. The quantitative estimate of drug-likeness (QED) is 0.565. The van der Waals surface area contributed by atoms with Gasteiger partial charge in [0.1, 0.15) is 5.69 Å². The second kappa shape index (κ2) is 7.06. The van der Waals surface area contributed by atoms with Crippen molar-refractivity contribution >= 4 is 23.2 Å². The second-order valence-electron chi connectivity index (χ2n) is 5.05. The minimum atomic E-state index is -0.369. The van der Waals surface area contributed by atoms with Crippen molar-refractivity contribution < 1.29 is 4.79 Å². The van der Waals surface area contributed by atoms with Crippen LogP contribution in [0.3, 0.4) is 0 Å². The van der Waals surface area contributed by atoms with Crippen LogP contribution in [-0.4, -0.2) is 26.8 Å². The Kier molecular flexibility index (Phi) is 4.67. The van der Waals surface area contributed by atoms with Crippen LogP contribution < -0.4 is 5.43 Å². The van der Waals surface area contributed by atoms with Crippen LogP contribution >= 0.6 is 11.6 Å². The van der Waals surface area contributed by atoms with Crippen molar-refractivity contribution in [1.29, 1.82) is 0 Å². The van der Waals surface area contributed by atoms with E-state index >= 15 is 0 Å². The molecule has 1 amide bonds. The van der Waals surface area contributed by atoms with E-state index in [9.17, 15) is 4.79 Å². The van der Waals surface area contributed by atoms with Crippen LogP contribution in [0.4, 0.5) is 0 Å². The second-order valence-corrected chi connectivity index (χ2v) is 5.49. The Morgan fingerprint density at radius 3 is 2.75 bits per heavy atom. The van der Waals surface area contributed by atoms with Gasteiger partial charge < -0.3 is 0 Å². The predicted octanol–water partition coefficient (Wildman–Crippen LogP) is 3.28. The Morgan fingerprint density at radius 1 is 1.25 bits per heavy atom. The summed E-state index contributed by atoms with van der Waals surface area (Å²) in [6.45, 7) is 1.80. The van der Waals surface area contributed by atoms with E-state index in [1.165, 1.54) is 0 Å². The molecule has 2 heterocycles. The third kappa shape index (κ3) is 3.67. The van der Waals surface area contributed by atoms with Crippen molar-refractivity contribution in [2.24, 2.45) is 5.10 Å². The van der Waals surface area contributed by atoms with Gasteiger partial charge in [0.05, 0.1) is 11.4 Å². The smallest absolute Gasteiger partial charge is 0.272 e. The highest BCUT2D eigenvalue weighted by Gasteiger charge is 2.10. The molecule has 0 aliphatic rings. The molecule has 6 nitrogen and oxygen atoms in total. The van der Waals surface area contributed by atoms with Gasteiger partial charge in [0.15, 0.2) is 0 Å². The molecule has 0 radical (unpaired) electrons. The molecule has 1 aromatic carbocycles. The zero-order chi connectivity index (χ0) is 16.9. The molecule has 24 heavy (non-hydrogen) atoms. The van der Waals surface area contributed by atoms with Crippen LogP contribution in [0.1, 0.15) is 23.0 Å². The lowest BCUT2D eigenvalue weighted by Crippen LogP contribution is -2.19. The fourth-order valence-corrected chi connectivity index (χ4v) is 2.17. The van der Waals surface area contributed by atoms with Gasteiger partial charge in [-0.05, 0) is 31.2 Å².